The van der Waals surface area contributed by atoms with Gasteiger partial charge in [-0.2, -0.15) is 13.2 Å². The van der Waals surface area contributed by atoms with Crippen LogP contribution in [0.25, 0.3) is 0 Å². The minimum Gasteiger partial charge on any atom is -0.493 e. The normalized spacial score (nSPS) is 22.0. The third kappa shape index (κ3) is 7.17. The van der Waals surface area contributed by atoms with Gasteiger partial charge in [0.25, 0.3) is 5.69 Å². The fourth-order valence-corrected chi connectivity index (χ4v) is 5.60. The van der Waals surface area contributed by atoms with Crippen molar-refractivity contribution < 1.29 is 42.3 Å². The van der Waals surface area contributed by atoms with Crippen molar-refractivity contribution in [1.82, 2.24) is 10.2 Å². The summed E-state index contributed by atoms with van der Waals surface area (Å²) >= 11 is 0. The third-order valence-corrected chi connectivity index (χ3v) is 7.74. The van der Waals surface area contributed by atoms with E-state index in [1.54, 1.807) is 20.3 Å². The molecule has 2 amide bonds. The van der Waals surface area contributed by atoms with Crippen LogP contribution in [0, 0.1) is 17.0 Å². The number of amides is 2. The van der Waals surface area contributed by atoms with Crippen molar-refractivity contribution in [3.05, 3.63) is 57.6 Å². The SMILES string of the molecule is COc1ccc([C@@]23CC[C@@H](NC(=O)Nc4cc([N+](=O)[O-])ccc4C)C[C@@H]2N(C)CC3)cc1OC.O=C(O)C(F)(F)F. The van der Waals surface area contributed by atoms with Crippen molar-refractivity contribution in [2.75, 3.05) is 33.1 Å². The molecule has 11 nitrogen and oxygen atoms in total. The smallest absolute Gasteiger partial charge is 0.490 e. The molecule has 3 N–H and O–H groups in total. The number of anilines is 1. The molecule has 14 heteroatoms. The number of carboxylic acids is 1. The Labute approximate surface area is 234 Å². The maximum absolute atomic E-state index is 12.8. The van der Waals surface area contributed by atoms with E-state index >= 15 is 0 Å². The molecule has 1 heterocycles. The first-order valence-corrected chi connectivity index (χ1v) is 12.8. The molecule has 2 fully saturated rings. The number of non-ortho nitro benzene ring substituents is 1. The van der Waals surface area contributed by atoms with Crippen LogP contribution in [0.3, 0.4) is 0 Å². The Kier molecular flexibility index (Phi) is 9.69. The maximum atomic E-state index is 12.8. The van der Waals surface area contributed by atoms with Gasteiger partial charge in [-0.3, -0.25) is 10.1 Å². The predicted octanol–water partition coefficient (Wildman–Crippen LogP) is 4.87. The minimum atomic E-state index is -5.08. The van der Waals surface area contributed by atoms with Crippen molar-refractivity contribution in [3.8, 4) is 11.5 Å². The molecule has 1 aliphatic heterocycles. The molecule has 2 aromatic rings. The number of nitrogens with one attached hydrogen (secondary N) is 2. The van der Waals surface area contributed by atoms with E-state index in [2.05, 4.69) is 34.7 Å². The number of fused-ring (bicyclic) bond motifs is 1. The number of hydrogen-bond donors (Lipinski definition) is 3. The van der Waals surface area contributed by atoms with Crippen molar-refractivity contribution in [2.24, 2.45) is 0 Å². The number of ether oxygens (including phenoxy) is 2. The number of aliphatic carboxylic acids is 1. The summed E-state index contributed by atoms with van der Waals surface area (Å²) in [5.74, 6) is -1.31. The number of carbonyl (C=O) groups excluding carboxylic acids is 1. The first-order valence-electron chi connectivity index (χ1n) is 12.8. The number of rotatable bonds is 6. The molecule has 224 valence electrons. The van der Waals surface area contributed by atoms with Gasteiger partial charge in [-0.05, 0) is 69.5 Å². The molecule has 2 aliphatic rings. The van der Waals surface area contributed by atoms with E-state index in [9.17, 15) is 28.1 Å². The number of aryl methyl sites for hydroxylation is 1. The number of methoxy groups -OCH3 is 2. The van der Waals surface area contributed by atoms with E-state index in [-0.39, 0.29) is 29.2 Å². The number of carbonyl (C=O) groups is 2. The summed E-state index contributed by atoms with van der Waals surface area (Å²) in [7, 11) is 5.43. The summed E-state index contributed by atoms with van der Waals surface area (Å²) in [6.07, 6.45) is -1.42. The van der Waals surface area contributed by atoms with Gasteiger partial charge in [-0.25, -0.2) is 9.59 Å². The molecule has 41 heavy (non-hydrogen) atoms. The fraction of sp³-hybridized carbons (Fsp3) is 0.481. The second kappa shape index (κ2) is 12.6. The summed E-state index contributed by atoms with van der Waals surface area (Å²) in [6, 6.07) is 10.6. The largest absolute Gasteiger partial charge is 0.493 e. The van der Waals surface area contributed by atoms with Crippen molar-refractivity contribution in [3.63, 3.8) is 0 Å². The summed E-state index contributed by atoms with van der Waals surface area (Å²) in [5.41, 5.74) is 2.41. The van der Waals surface area contributed by atoms with Crippen LogP contribution in [-0.4, -0.2) is 73.0 Å². The van der Waals surface area contributed by atoms with Crippen LogP contribution in [0.5, 0.6) is 11.5 Å². The Bertz CT molecular complexity index is 1290. The predicted molar refractivity (Wildman–Crippen MR) is 144 cm³/mol. The van der Waals surface area contributed by atoms with Crippen LogP contribution in [0.2, 0.25) is 0 Å². The summed E-state index contributed by atoms with van der Waals surface area (Å²) < 4.78 is 42.7. The lowest BCUT2D eigenvalue weighted by molar-refractivity contribution is -0.384. The molecule has 3 atom stereocenters. The van der Waals surface area contributed by atoms with Crippen molar-refractivity contribution >= 4 is 23.4 Å². The monoisotopic (exact) mass is 582 g/mol. The first-order chi connectivity index (χ1) is 19.2. The van der Waals surface area contributed by atoms with Gasteiger partial charge in [0.1, 0.15) is 0 Å². The van der Waals surface area contributed by atoms with Crippen molar-refractivity contribution in [1.29, 1.82) is 0 Å². The van der Waals surface area contributed by atoms with Gasteiger partial charge >= 0.3 is 18.2 Å². The number of benzene rings is 2. The second-order valence-electron chi connectivity index (χ2n) is 10.1. The number of nitro groups is 1. The molecule has 1 saturated carbocycles. The molecule has 1 aliphatic carbocycles. The Morgan fingerprint density at radius 1 is 1.12 bits per heavy atom. The van der Waals surface area contributed by atoms with Crippen LogP contribution < -0.4 is 20.1 Å². The molecule has 0 bridgehead atoms. The zero-order valence-corrected chi connectivity index (χ0v) is 23.1. The standard InChI is InChI=1S/C25H32N4O5.C2HF3O2/c1-16-5-7-19(29(31)32)15-20(16)27-24(30)26-18-9-10-25(11-12-28(2)23(25)14-18)17-6-8-21(33-3)22(13-17)34-4;3-2(4,5)1(6)7/h5-8,13,15,18,23H,9-12,14H2,1-4H3,(H2,26,27,30);(H,6,7)/t18-,23+,25+;/m1./s1. The van der Waals surface area contributed by atoms with Gasteiger partial charge in [-0.15, -0.1) is 0 Å². The Balaban J connectivity index is 0.000000587. The fourth-order valence-electron chi connectivity index (χ4n) is 5.60. The van der Waals surface area contributed by atoms with Crippen LogP contribution in [0.15, 0.2) is 36.4 Å². The lowest BCUT2D eigenvalue weighted by Gasteiger charge is -2.45. The van der Waals surface area contributed by atoms with E-state index in [0.717, 1.165) is 43.5 Å². The van der Waals surface area contributed by atoms with Gasteiger partial charge in [-0.1, -0.05) is 12.1 Å². The van der Waals surface area contributed by atoms with E-state index in [1.807, 2.05) is 13.0 Å². The zero-order chi connectivity index (χ0) is 30.5. The lowest BCUT2D eigenvalue weighted by atomic mass is 9.65. The number of nitro benzene ring substituents is 1. The quantitative estimate of drug-likeness (QED) is 0.323. The summed E-state index contributed by atoms with van der Waals surface area (Å²) in [5, 5.41) is 24.1. The van der Waals surface area contributed by atoms with Crippen LogP contribution in [-0.2, 0) is 10.2 Å². The average molecular weight is 583 g/mol. The topological polar surface area (TPSA) is 143 Å². The second-order valence-corrected chi connectivity index (χ2v) is 10.1. The molecule has 0 aromatic heterocycles. The first kappa shape index (κ1) is 31.5. The summed E-state index contributed by atoms with van der Waals surface area (Å²) in [6.45, 7) is 2.80. The molecule has 0 unspecified atom stereocenters. The number of alkyl halides is 3. The van der Waals surface area contributed by atoms with E-state index in [0.29, 0.717) is 11.4 Å². The number of likely N-dealkylation sites (N-methyl/N-ethyl adjacent to an activating group) is 1. The number of likely N-dealkylation sites (tertiary alicyclic amines) is 1. The van der Waals surface area contributed by atoms with Gasteiger partial charge in [0.2, 0.25) is 0 Å². The lowest BCUT2D eigenvalue weighted by Crippen LogP contribution is -2.52. The molecular formula is C27H33F3N4O7. The number of urea groups is 1. The zero-order valence-electron chi connectivity index (χ0n) is 23.1. The highest BCUT2D eigenvalue weighted by Crippen LogP contribution is 2.49. The van der Waals surface area contributed by atoms with Gasteiger partial charge in [0.15, 0.2) is 11.5 Å². The Hall–Kier alpha value is -4.07. The van der Waals surface area contributed by atoms with Gasteiger partial charge in [0.05, 0.1) is 24.8 Å². The average Bonchev–Trinajstić information content (AvgIpc) is 3.26. The highest BCUT2D eigenvalue weighted by Gasteiger charge is 2.50. The van der Waals surface area contributed by atoms with Crippen LogP contribution >= 0.6 is 0 Å². The molecule has 0 radical (unpaired) electrons. The Morgan fingerprint density at radius 2 is 1.78 bits per heavy atom. The molecular weight excluding hydrogens is 549 g/mol. The highest BCUT2D eigenvalue weighted by atomic mass is 19.4. The minimum absolute atomic E-state index is 0.000409. The molecule has 0 spiro atoms. The number of hydrogen-bond acceptors (Lipinski definition) is 7. The highest BCUT2D eigenvalue weighted by molar-refractivity contribution is 5.90. The number of halogens is 3. The maximum Gasteiger partial charge on any atom is 0.490 e. The van der Waals surface area contributed by atoms with E-state index in [1.165, 1.54) is 17.7 Å². The molecule has 2 aromatic carbocycles. The van der Waals surface area contributed by atoms with E-state index in [4.69, 9.17) is 19.4 Å². The van der Waals surface area contributed by atoms with Crippen LogP contribution in [0.4, 0.5) is 29.3 Å². The Morgan fingerprint density at radius 3 is 2.37 bits per heavy atom. The summed E-state index contributed by atoms with van der Waals surface area (Å²) in [4.78, 5) is 34.7. The number of nitrogens with zero attached hydrogens (tertiary/aromatic N) is 2. The van der Waals surface area contributed by atoms with Crippen LogP contribution in [0.1, 0.15) is 36.8 Å². The number of carboxylic acid groups (broad SMARTS) is 1. The third-order valence-electron chi connectivity index (χ3n) is 7.74. The van der Waals surface area contributed by atoms with Gasteiger partial charge < -0.3 is 30.1 Å². The van der Waals surface area contributed by atoms with Gasteiger partial charge in [0, 0.05) is 29.6 Å². The molecule has 4 rings (SSSR count). The van der Waals surface area contributed by atoms with Crippen molar-refractivity contribution in [2.45, 2.75) is 56.3 Å². The van der Waals surface area contributed by atoms with E-state index < -0.39 is 17.1 Å². The molecule has 1 saturated heterocycles.